The Morgan fingerprint density at radius 2 is 1.50 bits per heavy atom. The average molecular weight is 627 g/mol. The fourth-order valence-corrected chi connectivity index (χ4v) is 6.57. The fourth-order valence-electron chi connectivity index (χ4n) is 6.57. The van der Waals surface area contributed by atoms with Crippen LogP contribution >= 0.6 is 0 Å². The van der Waals surface area contributed by atoms with Crippen LogP contribution in [-0.2, 0) is 6.42 Å². The molecule has 0 aliphatic carbocycles. The zero-order chi connectivity index (χ0) is 32.8. The van der Waals surface area contributed by atoms with Gasteiger partial charge in [-0.1, -0.05) is 68.4 Å². The predicted molar refractivity (Wildman–Crippen MR) is 195 cm³/mol. The lowest BCUT2D eigenvalue weighted by Gasteiger charge is -2.26. The number of pyridine rings is 3. The maximum absolute atomic E-state index is 10.8. The summed E-state index contributed by atoms with van der Waals surface area (Å²) in [5, 5.41) is 14.9. The molecule has 234 valence electrons. The number of rotatable bonds is 7. The summed E-state index contributed by atoms with van der Waals surface area (Å²) < 4.78 is 6.64. The van der Waals surface area contributed by atoms with Crippen LogP contribution in [-0.4, -0.2) is 20.1 Å². The van der Waals surface area contributed by atoms with Crippen LogP contribution in [0.5, 0.6) is 5.75 Å². The number of hydrogen-bond acceptors (Lipinski definition) is 6. The summed E-state index contributed by atoms with van der Waals surface area (Å²) in [6.45, 7) is 6.40. The van der Waals surface area contributed by atoms with E-state index < -0.39 is 0 Å². The first-order chi connectivity index (χ1) is 23.4. The third-order valence-electron chi connectivity index (χ3n) is 8.69. The van der Waals surface area contributed by atoms with Crippen LogP contribution in [0.3, 0.4) is 0 Å². The minimum absolute atomic E-state index is 0.202. The summed E-state index contributed by atoms with van der Waals surface area (Å²) in [4.78, 5) is 17.0. The molecule has 0 amide bonds. The van der Waals surface area contributed by atoms with Gasteiger partial charge in [-0.05, 0) is 96.9 Å². The van der Waals surface area contributed by atoms with E-state index in [1.807, 2.05) is 55.6 Å². The number of phenols is 1. The summed E-state index contributed by atoms with van der Waals surface area (Å²) >= 11 is 0. The second-order valence-corrected chi connectivity index (χ2v) is 12.7. The van der Waals surface area contributed by atoms with Crippen LogP contribution < -0.4 is 4.90 Å². The van der Waals surface area contributed by atoms with Gasteiger partial charge in [0.25, 0.3) is 0 Å². The van der Waals surface area contributed by atoms with Crippen molar-refractivity contribution in [3.63, 3.8) is 0 Å². The zero-order valence-electron chi connectivity index (χ0n) is 27.1. The van der Waals surface area contributed by atoms with Crippen molar-refractivity contribution in [3.05, 3.63) is 139 Å². The lowest BCUT2D eigenvalue weighted by Crippen LogP contribution is -2.12. The Kier molecular flexibility index (Phi) is 7.33. The van der Waals surface area contributed by atoms with Crippen molar-refractivity contribution in [1.29, 1.82) is 0 Å². The Hall–Kier alpha value is -6.01. The van der Waals surface area contributed by atoms with Crippen molar-refractivity contribution in [2.24, 2.45) is 5.92 Å². The fraction of sp³-hybridized carbons (Fsp3) is 0.119. The van der Waals surface area contributed by atoms with E-state index in [1.165, 1.54) is 0 Å². The van der Waals surface area contributed by atoms with E-state index in [9.17, 15) is 5.11 Å². The predicted octanol–water partition coefficient (Wildman–Crippen LogP) is 10.9. The zero-order valence-corrected chi connectivity index (χ0v) is 27.1. The first-order valence-electron chi connectivity index (χ1n) is 16.3. The van der Waals surface area contributed by atoms with Crippen molar-refractivity contribution < 1.29 is 9.52 Å². The van der Waals surface area contributed by atoms with Gasteiger partial charge in [0.2, 0.25) is 5.71 Å². The van der Waals surface area contributed by atoms with Crippen LogP contribution in [0.25, 0.3) is 55.4 Å². The molecule has 4 aromatic heterocycles. The summed E-state index contributed by atoms with van der Waals surface area (Å²) in [5.74, 6) is 1.40. The molecular weight excluding hydrogens is 592 g/mol. The minimum atomic E-state index is 0.202. The lowest BCUT2D eigenvalue weighted by molar-refractivity contribution is 0.477. The number of fused-ring (bicyclic) bond motifs is 4. The van der Waals surface area contributed by atoms with E-state index in [0.29, 0.717) is 22.8 Å². The molecule has 0 saturated carbocycles. The second kappa shape index (κ2) is 12.0. The second-order valence-electron chi connectivity index (χ2n) is 12.7. The Bertz CT molecular complexity index is 2440. The first kappa shape index (κ1) is 29.4. The topological polar surface area (TPSA) is 75.3 Å². The number of para-hydroxylation sites is 1. The summed E-state index contributed by atoms with van der Waals surface area (Å²) in [6.07, 6.45) is 2.69. The summed E-state index contributed by atoms with van der Waals surface area (Å²) in [6, 6.07) is 40.7. The Morgan fingerprint density at radius 3 is 2.33 bits per heavy atom. The van der Waals surface area contributed by atoms with E-state index >= 15 is 0 Å². The molecule has 48 heavy (non-hydrogen) atoms. The third kappa shape index (κ3) is 5.31. The van der Waals surface area contributed by atoms with E-state index in [-0.39, 0.29) is 5.75 Å². The van der Waals surface area contributed by atoms with Crippen LogP contribution in [0.15, 0.2) is 132 Å². The standard InChI is InChI=1S/C42H34N4O2/c1-26(2)21-28-22-35(45-36(23-28)33-14-6-7-16-39(33)47)30-24-34-32-19-18-27(3)44-42(32)48-41(34)38(25-30)46(40-17-8-9-20-43-40)37-15-10-12-29-11-4-5-13-31(29)37/h4-20,22-26,47H,21H2,1-3H3. The van der Waals surface area contributed by atoms with Gasteiger partial charge in [-0.2, -0.15) is 0 Å². The van der Waals surface area contributed by atoms with Crippen LogP contribution in [0.1, 0.15) is 25.1 Å². The molecule has 0 spiro atoms. The molecule has 0 fully saturated rings. The molecule has 0 unspecified atom stereocenters. The highest BCUT2D eigenvalue weighted by molar-refractivity contribution is 6.12. The molecule has 8 rings (SSSR count). The number of phenolic OH excluding ortho intramolecular Hbond substituents is 1. The van der Waals surface area contributed by atoms with Crippen LogP contribution in [0, 0.1) is 12.8 Å². The molecule has 4 aromatic carbocycles. The van der Waals surface area contributed by atoms with Gasteiger partial charge in [0.05, 0.1) is 22.8 Å². The largest absolute Gasteiger partial charge is 0.507 e. The van der Waals surface area contributed by atoms with Gasteiger partial charge in [0, 0.05) is 39.2 Å². The summed E-state index contributed by atoms with van der Waals surface area (Å²) in [5.41, 5.74) is 8.29. The molecule has 0 radical (unpaired) electrons. The van der Waals surface area contributed by atoms with Gasteiger partial charge in [-0.15, -0.1) is 0 Å². The summed E-state index contributed by atoms with van der Waals surface area (Å²) in [7, 11) is 0. The molecule has 1 N–H and O–H groups in total. The highest BCUT2D eigenvalue weighted by Gasteiger charge is 2.24. The molecule has 6 nitrogen and oxygen atoms in total. The maximum Gasteiger partial charge on any atom is 0.227 e. The number of aryl methyl sites for hydroxylation is 1. The molecular formula is C42H34N4O2. The number of aromatic hydroxyl groups is 1. The normalized spacial score (nSPS) is 11.6. The van der Waals surface area contributed by atoms with Gasteiger partial charge in [0.15, 0.2) is 5.58 Å². The molecule has 0 aliphatic rings. The number of anilines is 3. The number of nitrogens with zero attached hydrogens (tertiary/aromatic N) is 4. The minimum Gasteiger partial charge on any atom is -0.507 e. The molecule has 0 saturated heterocycles. The first-order valence-corrected chi connectivity index (χ1v) is 16.3. The number of benzene rings is 4. The van der Waals surface area contributed by atoms with Gasteiger partial charge in [-0.3, -0.25) is 4.90 Å². The molecule has 4 heterocycles. The molecule has 0 bridgehead atoms. The third-order valence-corrected chi connectivity index (χ3v) is 8.69. The number of aromatic nitrogens is 3. The smallest absolute Gasteiger partial charge is 0.227 e. The van der Waals surface area contributed by atoms with Gasteiger partial charge in [0.1, 0.15) is 11.6 Å². The molecule has 6 heteroatoms. The van der Waals surface area contributed by atoms with E-state index in [1.54, 1.807) is 6.07 Å². The number of hydrogen-bond donors (Lipinski definition) is 1. The molecule has 0 atom stereocenters. The van der Waals surface area contributed by atoms with Crippen LogP contribution in [0.2, 0.25) is 0 Å². The van der Waals surface area contributed by atoms with Gasteiger partial charge in [-0.25, -0.2) is 15.0 Å². The SMILES string of the molecule is Cc1ccc2c(n1)oc1c(N(c3ccccn3)c3cccc4ccccc34)cc(-c3cc(CC(C)C)cc(-c4ccccc4O)n3)cc12. The quantitative estimate of drug-likeness (QED) is 0.190. The van der Waals surface area contributed by atoms with E-state index in [0.717, 1.165) is 73.4 Å². The van der Waals surface area contributed by atoms with E-state index in [4.69, 9.17) is 19.4 Å². The Morgan fingerprint density at radius 1 is 0.708 bits per heavy atom. The highest BCUT2D eigenvalue weighted by Crippen LogP contribution is 2.45. The molecule has 8 aromatic rings. The van der Waals surface area contributed by atoms with Crippen molar-refractivity contribution in [2.75, 3.05) is 4.90 Å². The van der Waals surface area contributed by atoms with Crippen molar-refractivity contribution in [2.45, 2.75) is 27.2 Å². The average Bonchev–Trinajstić information content (AvgIpc) is 3.46. The van der Waals surface area contributed by atoms with Crippen LogP contribution in [0.4, 0.5) is 17.2 Å². The van der Waals surface area contributed by atoms with Crippen molar-refractivity contribution in [3.8, 4) is 28.3 Å². The number of furan rings is 1. The van der Waals surface area contributed by atoms with Crippen molar-refractivity contribution >= 4 is 50.0 Å². The highest BCUT2D eigenvalue weighted by atomic mass is 16.3. The van der Waals surface area contributed by atoms with Crippen molar-refractivity contribution in [1.82, 2.24) is 15.0 Å². The lowest BCUT2D eigenvalue weighted by atomic mass is 9.97. The Labute approximate surface area is 279 Å². The van der Waals surface area contributed by atoms with Gasteiger partial charge >= 0.3 is 0 Å². The maximum atomic E-state index is 10.8. The Balaban J connectivity index is 1.46. The molecule has 0 aliphatic heterocycles. The monoisotopic (exact) mass is 626 g/mol. The van der Waals surface area contributed by atoms with Gasteiger partial charge < -0.3 is 9.52 Å². The van der Waals surface area contributed by atoms with E-state index in [2.05, 4.69) is 91.5 Å².